The fourth-order valence-corrected chi connectivity index (χ4v) is 2.13. The first-order valence-corrected chi connectivity index (χ1v) is 7.51. The first-order valence-electron chi connectivity index (χ1n) is 7.51. The Balaban J connectivity index is 2.16. The first-order chi connectivity index (χ1) is 12.5. The molecule has 0 aliphatic heterocycles. The van der Waals surface area contributed by atoms with E-state index in [1.165, 1.54) is 57.7 Å². The highest BCUT2D eigenvalue weighted by atomic mass is 19.1. The second kappa shape index (κ2) is 8.70. The highest BCUT2D eigenvalue weighted by molar-refractivity contribution is 6.02. The molecule has 0 heterocycles. The fraction of sp³-hybridized carbons (Fsp3) is 0.222. The summed E-state index contributed by atoms with van der Waals surface area (Å²) in [5.74, 6) is -0.604. The van der Waals surface area contributed by atoms with Crippen LogP contribution in [0.1, 0.15) is 10.4 Å². The van der Waals surface area contributed by atoms with Crippen molar-refractivity contribution in [1.82, 2.24) is 0 Å². The predicted octanol–water partition coefficient (Wildman–Crippen LogP) is 2.65. The van der Waals surface area contributed by atoms with Crippen LogP contribution in [0.5, 0.6) is 17.2 Å². The van der Waals surface area contributed by atoms with Gasteiger partial charge < -0.3 is 24.3 Å². The number of anilines is 1. The number of hydrogen-bond acceptors (Lipinski definition) is 6. The van der Waals surface area contributed by atoms with Crippen molar-refractivity contribution in [2.24, 2.45) is 0 Å². The number of carbonyl (C=O) groups excluding carboxylic acids is 2. The van der Waals surface area contributed by atoms with Gasteiger partial charge in [-0.05, 0) is 24.3 Å². The molecule has 0 saturated carbocycles. The summed E-state index contributed by atoms with van der Waals surface area (Å²) in [5.41, 5.74) is 0.280. The van der Waals surface area contributed by atoms with Crippen molar-refractivity contribution in [1.29, 1.82) is 0 Å². The topological polar surface area (TPSA) is 83.1 Å². The van der Waals surface area contributed by atoms with Crippen LogP contribution < -0.4 is 19.5 Å². The van der Waals surface area contributed by atoms with E-state index in [-0.39, 0.29) is 17.9 Å². The van der Waals surface area contributed by atoms with E-state index < -0.39 is 17.7 Å². The third-order valence-corrected chi connectivity index (χ3v) is 3.39. The second-order valence-corrected chi connectivity index (χ2v) is 5.04. The van der Waals surface area contributed by atoms with Crippen molar-refractivity contribution >= 4 is 17.6 Å². The molecule has 0 unspecified atom stereocenters. The lowest BCUT2D eigenvalue weighted by molar-refractivity contribution is -0.118. The van der Waals surface area contributed by atoms with Gasteiger partial charge in [0.15, 0.2) is 18.1 Å². The number of carbonyl (C=O) groups is 2. The Morgan fingerprint density at radius 3 is 2.19 bits per heavy atom. The van der Waals surface area contributed by atoms with Crippen molar-refractivity contribution in [3.63, 3.8) is 0 Å². The largest absolute Gasteiger partial charge is 0.493 e. The molecular weight excluding hydrogens is 345 g/mol. The predicted molar refractivity (Wildman–Crippen MR) is 91.4 cm³/mol. The van der Waals surface area contributed by atoms with Crippen LogP contribution in [0.15, 0.2) is 36.4 Å². The minimum Gasteiger partial charge on any atom is -0.493 e. The molecule has 0 atom stereocenters. The molecular formula is C18H18FNO6. The molecule has 0 aromatic heterocycles. The quantitative estimate of drug-likeness (QED) is 0.762. The van der Waals surface area contributed by atoms with E-state index >= 15 is 0 Å². The summed E-state index contributed by atoms with van der Waals surface area (Å²) < 4.78 is 33.2. The maximum atomic E-state index is 12.9. The average Bonchev–Trinajstić information content (AvgIpc) is 2.66. The van der Waals surface area contributed by atoms with Crippen LogP contribution in [-0.2, 0) is 9.53 Å². The molecule has 138 valence electrons. The summed E-state index contributed by atoms with van der Waals surface area (Å²) in [5, 5.41) is 2.56. The number of rotatable bonds is 7. The Labute approximate surface area is 149 Å². The molecule has 0 bridgehead atoms. The highest BCUT2D eigenvalue weighted by Crippen LogP contribution is 2.33. The van der Waals surface area contributed by atoms with E-state index in [0.29, 0.717) is 17.2 Å². The number of amides is 1. The van der Waals surface area contributed by atoms with E-state index in [9.17, 15) is 14.0 Å². The maximum absolute atomic E-state index is 12.9. The van der Waals surface area contributed by atoms with Crippen molar-refractivity contribution in [2.75, 3.05) is 33.3 Å². The van der Waals surface area contributed by atoms with E-state index in [1.807, 2.05) is 0 Å². The molecule has 0 radical (unpaired) electrons. The van der Waals surface area contributed by atoms with Gasteiger partial charge in [-0.25, -0.2) is 9.18 Å². The van der Waals surface area contributed by atoms with E-state index in [4.69, 9.17) is 18.9 Å². The average molecular weight is 363 g/mol. The molecule has 1 amide bonds. The standard InChI is InChI=1S/C18H18FNO6/c1-23-15-8-13(18(22)25-3)14(9-16(15)24-2)20-17(21)10-26-12-6-4-11(19)5-7-12/h4-9H,10H2,1-3H3,(H,20,21). The van der Waals surface area contributed by atoms with Gasteiger partial charge in [-0.3, -0.25) is 4.79 Å². The van der Waals surface area contributed by atoms with Crippen LogP contribution in [-0.4, -0.2) is 39.8 Å². The molecule has 7 nitrogen and oxygen atoms in total. The van der Waals surface area contributed by atoms with Gasteiger partial charge in [0, 0.05) is 12.1 Å². The number of esters is 1. The zero-order chi connectivity index (χ0) is 19.1. The maximum Gasteiger partial charge on any atom is 0.340 e. The van der Waals surface area contributed by atoms with Crippen LogP contribution >= 0.6 is 0 Å². The van der Waals surface area contributed by atoms with Crippen LogP contribution in [0.2, 0.25) is 0 Å². The summed E-state index contributed by atoms with van der Waals surface area (Å²) in [4.78, 5) is 24.1. The van der Waals surface area contributed by atoms with Crippen molar-refractivity contribution in [2.45, 2.75) is 0 Å². The number of hydrogen-bond donors (Lipinski definition) is 1. The normalized spacial score (nSPS) is 10.0. The van der Waals surface area contributed by atoms with E-state index in [0.717, 1.165) is 0 Å². The molecule has 8 heteroatoms. The van der Waals surface area contributed by atoms with Gasteiger partial charge in [0.25, 0.3) is 5.91 Å². The van der Waals surface area contributed by atoms with Gasteiger partial charge >= 0.3 is 5.97 Å². The highest BCUT2D eigenvalue weighted by Gasteiger charge is 2.19. The van der Waals surface area contributed by atoms with Crippen molar-refractivity contribution < 1.29 is 32.9 Å². The zero-order valence-corrected chi connectivity index (χ0v) is 14.5. The van der Waals surface area contributed by atoms with E-state index in [2.05, 4.69) is 5.32 Å². The third kappa shape index (κ3) is 4.62. The molecule has 2 rings (SSSR count). The van der Waals surface area contributed by atoms with Crippen LogP contribution in [0.25, 0.3) is 0 Å². The monoisotopic (exact) mass is 363 g/mol. The lowest BCUT2D eigenvalue weighted by atomic mass is 10.1. The number of benzene rings is 2. The number of methoxy groups -OCH3 is 3. The summed E-state index contributed by atoms with van der Waals surface area (Å²) in [6.45, 7) is -0.333. The smallest absolute Gasteiger partial charge is 0.340 e. The zero-order valence-electron chi connectivity index (χ0n) is 14.5. The molecule has 0 fully saturated rings. The minimum absolute atomic E-state index is 0.0975. The number of nitrogens with one attached hydrogen (secondary N) is 1. The Morgan fingerprint density at radius 1 is 1.00 bits per heavy atom. The molecule has 0 spiro atoms. The Hall–Kier alpha value is -3.29. The Morgan fingerprint density at radius 2 is 1.62 bits per heavy atom. The molecule has 0 aliphatic rings. The van der Waals surface area contributed by atoms with Crippen LogP contribution in [0.3, 0.4) is 0 Å². The molecule has 1 N–H and O–H groups in total. The molecule has 2 aromatic carbocycles. The number of halogens is 1. The molecule has 0 saturated heterocycles. The minimum atomic E-state index is -0.652. The Bertz CT molecular complexity index is 791. The first kappa shape index (κ1) is 19.0. The molecule has 26 heavy (non-hydrogen) atoms. The van der Waals surface area contributed by atoms with Gasteiger partial charge in [-0.15, -0.1) is 0 Å². The summed E-state index contributed by atoms with van der Waals surface area (Å²) in [6.07, 6.45) is 0. The SMILES string of the molecule is COC(=O)c1cc(OC)c(OC)cc1NC(=O)COc1ccc(F)cc1. The molecule has 0 aliphatic carbocycles. The van der Waals surface area contributed by atoms with Gasteiger partial charge in [0.05, 0.1) is 32.6 Å². The van der Waals surface area contributed by atoms with Crippen molar-refractivity contribution in [3.05, 3.63) is 47.8 Å². The third-order valence-electron chi connectivity index (χ3n) is 3.39. The van der Waals surface area contributed by atoms with Gasteiger partial charge in [-0.2, -0.15) is 0 Å². The van der Waals surface area contributed by atoms with Gasteiger partial charge in [-0.1, -0.05) is 0 Å². The second-order valence-electron chi connectivity index (χ2n) is 5.04. The Kier molecular flexibility index (Phi) is 6.37. The summed E-state index contributed by atoms with van der Waals surface area (Å²) >= 11 is 0. The van der Waals surface area contributed by atoms with Gasteiger partial charge in [0.2, 0.25) is 0 Å². The van der Waals surface area contributed by atoms with Gasteiger partial charge in [0.1, 0.15) is 11.6 Å². The summed E-state index contributed by atoms with van der Waals surface area (Å²) in [7, 11) is 4.08. The lowest BCUT2D eigenvalue weighted by Gasteiger charge is -2.15. The van der Waals surface area contributed by atoms with Crippen molar-refractivity contribution in [3.8, 4) is 17.2 Å². The fourth-order valence-electron chi connectivity index (χ4n) is 2.13. The van der Waals surface area contributed by atoms with Crippen LogP contribution in [0, 0.1) is 5.82 Å². The lowest BCUT2D eigenvalue weighted by Crippen LogP contribution is -2.22. The molecule has 2 aromatic rings. The number of ether oxygens (including phenoxy) is 4. The van der Waals surface area contributed by atoms with E-state index in [1.54, 1.807) is 0 Å². The van der Waals surface area contributed by atoms with Crippen LogP contribution in [0.4, 0.5) is 10.1 Å². The summed E-state index contributed by atoms with van der Waals surface area (Å²) in [6, 6.07) is 8.09.